The van der Waals surface area contributed by atoms with Gasteiger partial charge in [0.25, 0.3) is 0 Å². The van der Waals surface area contributed by atoms with Gasteiger partial charge in [0.1, 0.15) is 6.10 Å². The SMILES string of the molecule is CCCCCCCCCCCC[C@@H](O[Si](OC)(c1ccccc1)C(C)(C)C)C(=O)OC. The standard InChI is InChI=1S/C26H46O4Si/c1-7-8-9-10-11-12-13-14-15-19-22-24(25(27)28-5)30-31(29-6,26(2,3)4)23-20-17-16-18-21-23/h16-18,20-21,24H,7-15,19,22H2,1-6H3/t24-,31?/m1/s1. The Morgan fingerprint density at radius 1 is 0.871 bits per heavy atom. The van der Waals surface area contributed by atoms with Gasteiger partial charge >= 0.3 is 14.5 Å². The normalized spacial score (nSPS) is 14.8. The van der Waals surface area contributed by atoms with Crippen LogP contribution in [0.4, 0.5) is 0 Å². The molecule has 5 heteroatoms. The van der Waals surface area contributed by atoms with Crippen molar-refractivity contribution < 1.29 is 18.4 Å². The highest BCUT2D eigenvalue weighted by Gasteiger charge is 2.53. The number of unbranched alkanes of at least 4 members (excludes halogenated alkanes) is 9. The van der Waals surface area contributed by atoms with Gasteiger partial charge in [-0.3, -0.25) is 0 Å². The third kappa shape index (κ3) is 9.07. The number of methoxy groups -OCH3 is 1. The lowest BCUT2D eigenvalue weighted by molar-refractivity contribution is -0.150. The molecule has 0 aliphatic rings. The first-order chi connectivity index (χ1) is 14.8. The molecule has 178 valence electrons. The Morgan fingerprint density at radius 2 is 1.39 bits per heavy atom. The Labute approximate surface area is 192 Å². The Morgan fingerprint density at radius 3 is 1.84 bits per heavy atom. The maximum absolute atomic E-state index is 12.6. The molecular weight excluding hydrogens is 404 g/mol. The van der Waals surface area contributed by atoms with Crippen LogP contribution >= 0.6 is 0 Å². The number of benzene rings is 1. The summed E-state index contributed by atoms with van der Waals surface area (Å²) in [6.07, 6.45) is 12.7. The number of rotatable bonds is 16. The van der Waals surface area contributed by atoms with Crippen molar-refractivity contribution in [3.05, 3.63) is 30.3 Å². The lowest BCUT2D eigenvalue weighted by atomic mass is 10.0. The summed E-state index contributed by atoms with van der Waals surface area (Å²) in [5.41, 5.74) is 0. The Hall–Kier alpha value is -1.17. The molecule has 0 aliphatic carbocycles. The quantitative estimate of drug-likeness (QED) is 0.161. The van der Waals surface area contributed by atoms with Crippen molar-refractivity contribution in [3.63, 3.8) is 0 Å². The maximum atomic E-state index is 12.6. The zero-order valence-electron chi connectivity index (χ0n) is 20.9. The smallest absolute Gasteiger partial charge is 0.378 e. The average Bonchev–Trinajstić information content (AvgIpc) is 2.76. The van der Waals surface area contributed by atoms with Gasteiger partial charge in [0.05, 0.1) is 7.11 Å². The van der Waals surface area contributed by atoms with Crippen LogP contribution in [0.25, 0.3) is 0 Å². The van der Waals surface area contributed by atoms with Crippen molar-refractivity contribution >= 4 is 19.7 Å². The predicted octanol–water partition coefficient (Wildman–Crippen LogP) is 6.65. The molecule has 2 atom stereocenters. The van der Waals surface area contributed by atoms with Crippen molar-refractivity contribution in [3.8, 4) is 0 Å². The van der Waals surface area contributed by atoms with E-state index < -0.39 is 14.7 Å². The van der Waals surface area contributed by atoms with Gasteiger partial charge in [-0.05, 0) is 11.6 Å². The van der Waals surface area contributed by atoms with Crippen molar-refractivity contribution in [1.82, 2.24) is 0 Å². The third-order valence-electron chi connectivity index (χ3n) is 6.02. The molecule has 0 aliphatic heterocycles. The Bertz CT molecular complexity index is 599. The fraction of sp³-hybridized carbons (Fsp3) is 0.731. The summed E-state index contributed by atoms with van der Waals surface area (Å²) >= 11 is 0. The fourth-order valence-corrected chi connectivity index (χ4v) is 7.73. The minimum atomic E-state index is -2.89. The molecule has 31 heavy (non-hydrogen) atoms. The molecule has 0 N–H and O–H groups in total. The van der Waals surface area contributed by atoms with Crippen molar-refractivity contribution in [2.24, 2.45) is 0 Å². The van der Waals surface area contributed by atoms with Gasteiger partial charge in [-0.2, -0.15) is 0 Å². The van der Waals surface area contributed by atoms with Gasteiger partial charge in [-0.25, -0.2) is 4.79 Å². The largest absolute Gasteiger partial charge is 0.467 e. The zero-order chi connectivity index (χ0) is 23.2. The topological polar surface area (TPSA) is 44.8 Å². The van der Waals surface area contributed by atoms with Gasteiger partial charge in [-0.15, -0.1) is 0 Å². The molecule has 0 bridgehead atoms. The van der Waals surface area contributed by atoms with E-state index in [9.17, 15) is 4.79 Å². The second kappa shape index (κ2) is 14.8. The molecule has 1 unspecified atom stereocenters. The summed E-state index contributed by atoms with van der Waals surface area (Å²) in [7, 11) is 0.258. The van der Waals surface area contributed by atoms with Crippen LogP contribution in [-0.4, -0.2) is 34.9 Å². The zero-order valence-corrected chi connectivity index (χ0v) is 21.9. The van der Waals surface area contributed by atoms with Gasteiger partial charge in [0.2, 0.25) is 0 Å². The van der Waals surface area contributed by atoms with Crippen LogP contribution < -0.4 is 5.19 Å². The molecule has 0 fully saturated rings. The van der Waals surface area contributed by atoms with Crippen LogP contribution in [0.1, 0.15) is 98.3 Å². The van der Waals surface area contributed by atoms with Gasteiger partial charge in [-0.1, -0.05) is 122 Å². The monoisotopic (exact) mass is 450 g/mol. The molecule has 1 rings (SSSR count). The van der Waals surface area contributed by atoms with E-state index in [4.69, 9.17) is 13.6 Å². The lowest BCUT2D eigenvalue weighted by Crippen LogP contribution is -2.62. The second-order valence-corrected chi connectivity index (χ2v) is 13.5. The van der Waals surface area contributed by atoms with Crippen molar-refractivity contribution in [2.45, 2.75) is 109 Å². The van der Waals surface area contributed by atoms with Crippen LogP contribution in [0.3, 0.4) is 0 Å². The summed E-state index contributed by atoms with van der Waals surface area (Å²) in [6.45, 7) is 8.64. The Balaban J connectivity index is 2.67. The summed E-state index contributed by atoms with van der Waals surface area (Å²) in [4.78, 5) is 12.6. The molecule has 0 saturated heterocycles. The van der Waals surface area contributed by atoms with E-state index >= 15 is 0 Å². The maximum Gasteiger partial charge on any atom is 0.378 e. The van der Waals surface area contributed by atoms with E-state index in [1.54, 1.807) is 7.11 Å². The first-order valence-electron chi connectivity index (χ1n) is 12.2. The second-order valence-electron chi connectivity index (χ2n) is 9.54. The fourth-order valence-electron chi connectivity index (χ4n) is 4.18. The number of hydrogen-bond donors (Lipinski definition) is 0. The predicted molar refractivity (Wildman–Crippen MR) is 132 cm³/mol. The molecule has 0 spiro atoms. The third-order valence-corrected chi connectivity index (χ3v) is 10.3. The van der Waals surface area contributed by atoms with Gasteiger partial charge in [0.15, 0.2) is 0 Å². The van der Waals surface area contributed by atoms with Crippen LogP contribution in [-0.2, 0) is 18.4 Å². The molecule has 0 radical (unpaired) electrons. The van der Waals surface area contributed by atoms with Crippen molar-refractivity contribution in [2.75, 3.05) is 14.2 Å². The molecule has 0 amide bonds. The van der Waals surface area contributed by atoms with Crippen LogP contribution in [0, 0.1) is 0 Å². The van der Waals surface area contributed by atoms with Crippen molar-refractivity contribution in [1.29, 1.82) is 0 Å². The Kier molecular flexibility index (Phi) is 13.3. The molecule has 1 aromatic rings. The number of hydrogen-bond acceptors (Lipinski definition) is 4. The minimum Gasteiger partial charge on any atom is -0.467 e. The summed E-state index contributed by atoms with van der Waals surface area (Å²) in [5, 5.41) is 0.801. The van der Waals surface area contributed by atoms with Crippen LogP contribution in [0.2, 0.25) is 5.04 Å². The van der Waals surface area contributed by atoms with Crippen LogP contribution in [0.15, 0.2) is 30.3 Å². The van der Waals surface area contributed by atoms with Gasteiger partial charge < -0.3 is 13.6 Å². The van der Waals surface area contributed by atoms with E-state index in [1.807, 2.05) is 18.2 Å². The van der Waals surface area contributed by atoms with E-state index in [0.717, 1.165) is 18.0 Å². The number of esters is 1. The van der Waals surface area contributed by atoms with E-state index in [0.29, 0.717) is 6.42 Å². The van der Waals surface area contributed by atoms with E-state index in [-0.39, 0.29) is 11.0 Å². The molecule has 0 heterocycles. The minimum absolute atomic E-state index is 0.243. The first-order valence-corrected chi connectivity index (χ1v) is 14.0. The molecule has 0 aromatic heterocycles. The number of carbonyl (C=O) groups is 1. The van der Waals surface area contributed by atoms with Gasteiger partial charge in [0, 0.05) is 12.1 Å². The first kappa shape index (κ1) is 27.9. The molecular formula is C26H46O4Si. The van der Waals surface area contributed by atoms with Crippen LogP contribution in [0.5, 0.6) is 0 Å². The lowest BCUT2D eigenvalue weighted by Gasteiger charge is -2.41. The highest BCUT2D eigenvalue weighted by atomic mass is 28.4. The highest BCUT2D eigenvalue weighted by molar-refractivity contribution is 6.83. The van der Waals surface area contributed by atoms with E-state index in [2.05, 4.69) is 39.8 Å². The molecule has 1 aromatic carbocycles. The number of carbonyl (C=O) groups excluding carboxylic acids is 1. The van der Waals surface area contributed by atoms with E-state index in [1.165, 1.54) is 58.5 Å². The summed E-state index contributed by atoms with van der Waals surface area (Å²) in [6, 6.07) is 10.1. The highest BCUT2D eigenvalue weighted by Crippen LogP contribution is 2.38. The summed E-state index contributed by atoms with van der Waals surface area (Å²) < 4.78 is 17.8. The number of ether oxygens (including phenoxy) is 1. The molecule has 4 nitrogen and oxygen atoms in total. The summed E-state index contributed by atoms with van der Waals surface area (Å²) in [5.74, 6) is -0.301. The average molecular weight is 451 g/mol. The molecule has 0 saturated carbocycles.